The smallest absolute Gasteiger partial charge is 0.185 e. The Hall–Kier alpha value is -2.04. The summed E-state index contributed by atoms with van der Waals surface area (Å²) in [5.41, 5.74) is 0.414. The topological polar surface area (TPSA) is 34.1 Å². The summed E-state index contributed by atoms with van der Waals surface area (Å²) in [6, 6.07) is 23.8. The zero-order chi connectivity index (χ0) is 18.7. The van der Waals surface area contributed by atoms with E-state index in [1.807, 2.05) is 66.7 Å². The number of Topliss-reactive ketones (excluding diaryl/α,β-unsaturated/α-hetero) is 2. The van der Waals surface area contributed by atoms with Crippen molar-refractivity contribution in [1.82, 2.24) is 0 Å². The van der Waals surface area contributed by atoms with Crippen LogP contribution in [0.5, 0.6) is 0 Å². The van der Waals surface area contributed by atoms with E-state index >= 15 is 0 Å². The molecule has 130 valence electrons. The summed E-state index contributed by atoms with van der Waals surface area (Å²) in [5.74, 6) is -0.458. The second-order valence-electron chi connectivity index (χ2n) is 6.03. The van der Waals surface area contributed by atoms with E-state index in [1.54, 1.807) is 12.1 Å². The van der Waals surface area contributed by atoms with Crippen LogP contribution in [0.15, 0.2) is 87.8 Å². The molecule has 0 atom stereocenters. The zero-order valence-corrected chi connectivity index (χ0v) is 17.2. The van der Waals surface area contributed by atoms with Crippen molar-refractivity contribution in [2.45, 2.75) is 12.3 Å². The van der Waals surface area contributed by atoms with E-state index < -0.39 is 5.41 Å². The first-order valence-electron chi connectivity index (χ1n) is 8.09. The van der Waals surface area contributed by atoms with Crippen molar-refractivity contribution >= 4 is 43.4 Å². The van der Waals surface area contributed by atoms with Gasteiger partial charge < -0.3 is 0 Å². The van der Waals surface area contributed by atoms with E-state index in [1.165, 1.54) is 6.92 Å². The number of ketones is 2. The highest BCUT2D eigenvalue weighted by molar-refractivity contribution is 9.11. The Labute approximate surface area is 169 Å². The first kappa shape index (κ1) is 18.7. The van der Waals surface area contributed by atoms with Crippen LogP contribution in [-0.2, 0) is 10.2 Å². The molecule has 0 bridgehead atoms. The first-order valence-corrected chi connectivity index (χ1v) is 9.68. The number of benzene rings is 3. The summed E-state index contributed by atoms with van der Waals surface area (Å²) in [5, 5.41) is 0. The van der Waals surface area contributed by atoms with Crippen molar-refractivity contribution in [2.24, 2.45) is 0 Å². The molecular weight excluding hydrogens is 456 g/mol. The minimum absolute atomic E-state index is 0.212. The Morgan fingerprint density at radius 2 is 1.15 bits per heavy atom. The van der Waals surface area contributed by atoms with Gasteiger partial charge in [0, 0.05) is 14.5 Å². The Morgan fingerprint density at radius 3 is 1.54 bits per heavy atom. The highest BCUT2D eigenvalue weighted by atomic mass is 79.9. The lowest BCUT2D eigenvalue weighted by Crippen LogP contribution is -2.43. The van der Waals surface area contributed by atoms with Crippen molar-refractivity contribution in [3.63, 3.8) is 0 Å². The first-order chi connectivity index (χ1) is 12.5. The summed E-state index contributed by atoms with van der Waals surface area (Å²) >= 11 is 6.86. The Kier molecular flexibility index (Phi) is 5.54. The largest absolute Gasteiger partial charge is 0.298 e. The molecule has 0 aromatic heterocycles. The van der Waals surface area contributed by atoms with Crippen LogP contribution >= 0.6 is 31.9 Å². The standard InChI is InChI=1S/C22H16Br2O2/c1-15(25)22(17-8-4-2-5-9-17,18-10-6-3-7-11-18)21(26)16-12-19(23)14-20(24)13-16/h2-14H,1H3. The predicted molar refractivity (Wildman–Crippen MR) is 111 cm³/mol. The Morgan fingerprint density at radius 1 is 0.731 bits per heavy atom. The Balaban J connectivity index is 2.33. The third-order valence-corrected chi connectivity index (χ3v) is 5.32. The van der Waals surface area contributed by atoms with Crippen LogP contribution < -0.4 is 0 Å². The molecular formula is C22H16Br2O2. The van der Waals surface area contributed by atoms with Crippen molar-refractivity contribution in [1.29, 1.82) is 0 Å². The molecule has 0 radical (unpaired) electrons. The van der Waals surface area contributed by atoms with Crippen LogP contribution in [0.4, 0.5) is 0 Å². The number of carbonyl (C=O) groups excluding carboxylic acids is 2. The molecule has 0 amide bonds. The minimum Gasteiger partial charge on any atom is -0.298 e. The summed E-state index contributed by atoms with van der Waals surface area (Å²) < 4.78 is 1.54. The fraction of sp³-hybridized carbons (Fsp3) is 0.0909. The predicted octanol–water partition coefficient (Wildman–Crippen LogP) is 5.97. The van der Waals surface area contributed by atoms with Crippen molar-refractivity contribution in [3.8, 4) is 0 Å². The molecule has 0 aliphatic heterocycles. The van der Waals surface area contributed by atoms with Crippen LogP contribution in [0.25, 0.3) is 0 Å². The molecule has 3 aromatic rings. The summed E-state index contributed by atoms with van der Waals surface area (Å²) in [6.07, 6.45) is 0. The maximum absolute atomic E-state index is 13.8. The van der Waals surface area contributed by atoms with Crippen molar-refractivity contribution < 1.29 is 9.59 Å². The van der Waals surface area contributed by atoms with Gasteiger partial charge in [0.05, 0.1) is 0 Å². The van der Waals surface area contributed by atoms with Crippen LogP contribution in [0.1, 0.15) is 28.4 Å². The molecule has 0 aliphatic carbocycles. The monoisotopic (exact) mass is 470 g/mol. The van der Waals surface area contributed by atoms with E-state index in [9.17, 15) is 9.59 Å². The molecule has 0 saturated heterocycles. The Bertz CT molecular complexity index is 891. The number of halogens is 2. The molecule has 0 N–H and O–H groups in total. The van der Waals surface area contributed by atoms with E-state index in [0.717, 1.165) is 8.95 Å². The molecule has 4 heteroatoms. The van der Waals surface area contributed by atoms with Gasteiger partial charge in [0.1, 0.15) is 5.41 Å². The average Bonchev–Trinajstić information content (AvgIpc) is 2.63. The molecule has 0 heterocycles. The van der Waals surface area contributed by atoms with Gasteiger partial charge in [-0.2, -0.15) is 0 Å². The molecule has 2 nitrogen and oxygen atoms in total. The minimum atomic E-state index is -1.39. The zero-order valence-electron chi connectivity index (χ0n) is 14.1. The van der Waals surface area contributed by atoms with Gasteiger partial charge in [0.15, 0.2) is 11.6 Å². The van der Waals surface area contributed by atoms with Gasteiger partial charge in [0.2, 0.25) is 0 Å². The van der Waals surface area contributed by atoms with Gasteiger partial charge in [-0.25, -0.2) is 0 Å². The maximum Gasteiger partial charge on any atom is 0.185 e. The van der Waals surface area contributed by atoms with Gasteiger partial charge in [-0.3, -0.25) is 9.59 Å². The molecule has 3 aromatic carbocycles. The van der Waals surface area contributed by atoms with E-state index in [0.29, 0.717) is 16.7 Å². The number of rotatable bonds is 5. The van der Waals surface area contributed by atoms with Crippen LogP contribution in [0.2, 0.25) is 0 Å². The van der Waals surface area contributed by atoms with Gasteiger partial charge in [-0.1, -0.05) is 92.5 Å². The van der Waals surface area contributed by atoms with E-state index in [-0.39, 0.29) is 11.6 Å². The second-order valence-corrected chi connectivity index (χ2v) is 7.86. The normalized spacial score (nSPS) is 11.2. The SMILES string of the molecule is CC(=O)C(C(=O)c1cc(Br)cc(Br)c1)(c1ccccc1)c1ccccc1. The maximum atomic E-state index is 13.8. The third-order valence-electron chi connectivity index (χ3n) is 4.41. The molecule has 26 heavy (non-hydrogen) atoms. The van der Waals surface area contributed by atoms with E-state index in [4.69, 9.17) is 0 Å². The van der Waals surface area contributed by atoms with Gasteiger partial charge in [-0.15, -0.1) is 0 Å². The fourth-order valence-electron chi connectivity index (χ4n) is 3.27. The third kappa shape index (κ3) is 3.31. The van der Waals surface area contributed by atoms with Gasteiger partial charge >= 0.3 is 0 Å². The molecule has 0 aliphatic rings. The van der Waals surface area contributed by atoms with Crippen molar-refractivity contribution in [3.05, 3.63) is 104 Å². The van der Waals surface area contributed by atoms with Gasteiger partial charge in [-0.05, 0) is 36.2 Å². The molecule has 0 fully saturated rings. The lowest BCUT2D eigenvalue weighted by molar-refractivity contribution is -0.119. The summed E-state index contributed by atoms with van der Waals surface area (Å²) in [4.78, 5) is 26.8. The molecule has 0 spiro atoms. The van der Waals surface area contributed by atoms with Crippen LogP contribution in [0.3, 0.4) is 0 Å². The average molecular weight is 472 g/mol. The highest BCUT2D eigenvalue weighted by Gasteiger charge is 2.46. The molecule has 0 saturated carbocycles. The lowest BCUT2D eigenvalue weighted by atomic mass is 9.67. The van der Waals surface area contributed by atoms with E-state index in [2.05, 4.69) is 31.9 Å². The molecule has 3 rings (SSSR count). The van der Waals surface area contributed by atoms with Crippen LogP contribution in [-0.4, -0.2) is 11.6 Å². The summed E-state index contributed by atoms with van der Waals surface area (Å²) in [6.45, 7) is 1.48. The lowest BCUT2D eigenvalue weighted by Gasteiger charge is -2.31. The van der Waals surface area contributed by atoms with Crippen LogP contribution in [0, 0.1) is 0 Å². The number of hydrogen-bond donors (Lipinski definition) is 0. The quantitative estimate of drug-likeness (QED) is 0.339. The van der Waals surface area contributed by atoms with Gasteiger partial charge in [0.25, 0.3) is 0 Å². The highest BCUT2D eigenvalue weighted by Crippen LogP contribution is 2.38. The molecule has 0 unspecified atom stereocenters. The van der Waals surface area contributed by atoms with Crippen molar-refractivity contribution in [2.75, 3.05) is 0 Å². The second kappa shape index (κ2) is 7.68. The fourth-order valence-corrected chi connectivity index (χ4v) is 4.57. The summed E-state index contributed by atoms with van der Waals surface area (Å²) in [7, 11) is 0. The number of carbonyl (C=O) groups is 2. The number of hydrogen-bond acceptors (Lipinski definition) is 2.